The van der Waals surface area contributed by atoms with Crippen LogP contribution in [-0.2, 0) is 4.79 Å². The highest BCUT2D eigenvalue weighted by atomic mass is 35.5. The van der Waals surface area contributed by atoms with Crippen LogP contribution in [-0.4, -0.2) is 27.2 Å². The number of hydrogen-bond acceptors (Lipinski definition) is 1. The summed E-state index contributed by atoms with van der Waals surface area (Å²) in [5.74, 6) is -1.60. The van der Waals surface area contributed by atoms with Crippen LogP contribution in [0.3, 0.4) is 0 Å². The van der Waals surface area contributed by atoms with Gasteiger partial charge in [-0.25, -0.2) is 0 Å². The molecule has 1 fully saturated rings. The van der Waals surface area contributed by atoms with Crippen molar-refractivity contribution < 1.29 is 9.90 Å². The fourth-order valence-corrected chi connectivity index (χ4v) is 3.05. The van der Waals surface area contributed by atoms with Crippen molar-refractivity contribution in [1.82, 2.24) is 0 Å². The maximum atomic E-state index is 10.7. The van der Waals surface area contributed by atoms with Gasteiger partial charge >= 0.3 is 5.97 Å². The van der Waals surface area contributed by atoms with Gasteiger partial charge in [-0.3, -0.25) is 4.79 Å². The molecule has 0 spiro atoms. The van der Waals surface area contributed by atoms with Crippen LogP contribution in [0.15, 0.2) is 0 Å². The molecular weight excluding hydrogens is 222 g/mol. The Morgan fingerprint density at radius 2 is 1.58 bits per heavy atom. The van der Waals surface area contributed by atoms with Crippen LogP contribution < -0.4 is 0 Å². The molecule has 1 aliphatic carbocycles. The Bertz CT molecular complexity index is 173. The molecule has 1 aliphatic rings. The summed E-state index contributed by atoms with van der Waals surface area (Å²) in [5.41, 5.74) is 0. The highest BCUT2D eigenvalue weighted by Gasteiger charge is 2.39. The van der Waals surface area contributed by atoms with E-state index in [4.69, 9.17) is 39.9 Å². The first-order valence-corrected chi connectivity index (χ1v) is 4.98. The smallest absolute Gasteiger partial charge is 0.309 e. The average Bonchev–Trinajstić information content (AvgIpc) is 1.82. The van der Waals surface area contributed by atoms with Gasteiger partial charge in [-0.05, 0) is 12.8 Å². The number of carboxylic acids is 1. The lowest BCUT2D eigenvalue weighted by atomic mass is 9.88. The van der Waals surface area contributed by atoms with Crippen molar-refractivity contribution in [2.45, 2.75) is 29.0 Å². The minimum absolute atomic E-state index is 0.0920. The van der Waals surface area contributed by atoms with E-state index in [1.54, 1.807) is 0 Å². The molecule has 0 aliphatic heterocycles. The second-order valence-corrected chi connectivity index (χ2v) is 4.70. The third kappa shape index (κ3) is 2.18. The number of rotatable bonds is 1. The molecule has 2 unspecified atom stereocenters. The van der Waals surface area contributed by atoms with Crippen molar-refractivity contribution in [3.8, 4) is 0 Å². The van der Waals surface area contributed by atoms with E-state index in [0.29, 0.717) is 12.8 Å². The molecule has 0 bridgehead atoms. The summed E-state index contributed by atoms with van der Waals surface area (Å²) in [6, 6.07) is 0. The van der Waals surface area contributed by atoms with Gasteiger partial charge < -0.3 is 5.11 Å². The van der Waals surface area contributed by atoms with Gasteiger partial charge in [0.2, 0.25) is 0 Å². The molecule has 0 heterocycles. The van der Waals surface area contributed by atoms with Crippen molar-refractivity contribution in [2.75, 3.05) is 0 Å². The number of carbonyl (C=O) groups is 1. The van der Waals surface area contributed by atoms with Crippen LogP contribution in [0.25, 0.3) is 0 Å². The van der Waals surface area contributed by atoms with Crippen LogP contribution in [0.5, 0.6) is 0 Å². The molecule has 0 amide bonds. The molecule has 12 heavy (non-hydrogen) atoms. The van der Waals surface area contributed by atoms with Gasteiger partial charge in [0.15, 0.2) is 0 Å². The number of halogens is 3. The van der Waals surface area contributed by atoms with Crippen molar-refractivity contribution in [1.29, 1.82) is 0 Å². The number of aliphatic carboxylic acids is 1. The Hall–Kier alpha value is 0.340. The minimum Gasteiger partial charge on any atom is -0.481 e. The lowest BCUT2D eigenvalue weighted by Crippen LogP contribution is -2.39. The highest BCUT2D eigenvalue weighted by molar-refractivity contribution is 6.28. The summed E-state index contributed by atoms with van der Waals surface area (Å²) in [6.45, 7) is 0. The highest BCUT2D eigenvalue weighted by Crippen LogP contribution is 2.35. The van der Waals surface area contributed by atoms with Crippen molar-refractivity contribution in [3.05, 3.63) is 0 Å². The first-order valence-electron chi connectivity index (χ1n) is 3.67. The second kappa shape index (κ2) is 4.03. The Balaban J connectivity index is 2.66. The summed E-state index contributed by atoms with van der Waals surface area (Å²) in [4.78, 5) is 10.7. The van der Waals surface area contributed by atoms with Crippen molar-refractivity contribution in [2.24, 2.45) is 5.92 Å². The lowest BCUT2D eigenvalue weighted by Gasteiger charge is -2.30. The predicted octanol–water partition coefficient (Wildman–Crippen LogP) is 2.30. The van der Waals surface area contributed by atoms with Crippen LogP contribution in [0.4, 0.5) is 0 Å². The SMILES string of the molecule is O=C(O)C1C(Cl)CC(Cl)CC1Cl. The molecule has 5 heteroatoms. The quantitative estimate of drug-likeness (QED) is 0.703. The zero-order valence-electron chi connectivity index (χ0n) is 6.21. The van der Waals surface area contributed by atoms with Crippen LogP contribution in [0.2, 0.25) is 0 Å². The first kappa shape index (κ1) is 10.4. The van der Waals surface area contributed by atoms with Gasteiger partial charge in [-0.2, -0.15) is 0 Å². The summed E-state index contributed by atoms with van der Waals surface area (Å²) >= 11 is 17.4. The van der Waals surface area contributed by atoms with E-state index in [1.165, 1.54) is 0 Å². The molecule has 0 aromatic rings. The zero-order valence-corrected chi connectivity index (χ0v) is 8.48. The molecule has 0 aromatic heterocycles. The molecule has 70 valence electrons. The van der Waals surface area contributed by atoms with Crippen LogP contribution >= 0.6 is 34.8 Å². The maximum Gasteiger partial charge on any atom is 0.309 e. The van der Waals surface area contributed by atoms with E-state index >= 15 is 0 Å². The Kier molecular flexibility index (Phi) is 3.50. The fourth-order valence-electron chi connectivity index (χ4n) is 1.41. The molecule has 2 nitrogen and oxygen atoms in total. The summed E-state index contributed by atoms with van der Waals surface area (Å²) in [6.07, 6.45) is 1.03. The maximum absolute atomic E-state index is 10.7. The van der Waals surface area contributed by atoms with E-state index in [0.717, 1.165) is 0 Å². The third-order valence-electron chi connectivity index (χ3n) is 2.03. The molecule has 0 saturated heterocycles. The molecule has 0 aromatic carbocycles. The number of hydrogen-bond donors (Lipinski definition) is 1. The molecule has 0 radical (unpaired) electrons. The van der Waals surface area contributed by atoms with E-state index in [-0.39, 0.29) is 5.38 Å². The second-order valence-electron chi connectivity index (χ2n) is 2.96. The number of carboxylic acid groups (broad SMARTS) is 1. The van der Waals surface area contributed by atoms with E-state index in [1.807, 2.05) is 0 Å². The Morgan fingerprint density at radius 3 is 1.92 bits per heavy atom. The molecule has 1 rings (SSSR count). The van der Waals surface area contributed by atoms with Gasteiger partial charge in [-0.15, -0.1) is 34.8 Å². The average molecular weight is 232 g/mol. The molecular formula is C7H9Cl3O2. The monoisotopic (exact) mass is 230 g/mol. The topological polar surface area (TPSA) is 37.3 Å². The van der Waals surface area contributed by atoms with Crippen LogP contribution in [0.1, 0.15) is 12.8 Å². The van der Waals surface area contributed by atoms with Crippen molar-refractivity contribution in [3.63, 3.8) is 0 Å². The summed E-state index contributed by atoms with van der Waals surface area (Å²) in [5, 5.41) is 7.77. The van der Waals surface area contributed by atoms with Gasteiger partial charge in [0.05, 0.1) is 5.92 Å². The third-order valence-corrected chi connectivity index (χ3v) is 3.28. The van der Waals surface area contributed by atoms with Gasteiger partial charge in [0.25, 0.3) is 0 Å². The summed E-state index contributed by atoms with van der Waals surface area (Å²) in [7, 11) is 0. The van der Waals surface area contributed by atoms with Crippen LogP contribution in [0, 0.1) is 5.92 Å². The Morgan fingerprint density at radius 1 is 1.17 bits per heavy atom. The van der Waals surface area contributed by atoms with E-state index < -0.39 is 22.6 Å². The number of alkyl halides is 3. The van der Waals surface area contributed by atoms with E-state index in [9.17, 15) is 4.79 Å². The summed E-state index contributed by atoms with van der Waals surface area (Å²) < 4.78 is 0. The van der Waals surface area contributed by atoms with Gasteiger partial charge in [0.1, 0.15) is 0 Å². The Labute approximate surface area is 85.8 Å². The predicted molar refractivity (Wildman–Crippen MR) is 49.3 cm³/mol. The standard InChI is InChI=1S/C7H9Cl3O2/c8-3-1-4(9)6(7(11)12)5(10)2-3/h3-6H,1-2H2,(H,11,12). The normalized spacial score (nSPS) is 42.6. The van der Waals surface area contributed by atoms with E-state index in [2.05, 4.69) is 0 Å². The zero-order chi connectivity index (χ0) is 9.30. The van der Waals surface area contributed by atoms with Crippen molar-refractivity contribution >= 4 is 40.8 Å². The first-order chi connectivity index (χ1) is 5.52. The lowest BCUT2D eigenvalue weighted by molar-refractivity contribution is -0.142. The van der Waals surface area contributed by atoms with Gasteiger partial charge in [0, 0.05) is 16.1 Å². The fraction of sp³-hybridized carbons (Fsp3) is 0.857. The molecule has 1 N–H and O–H groups in total. The molecule has 2 atom stereocenters. The molecule has 1 saturated carbocycles. The minimum atomic E-state index is -0.932. The van der Waals surface area contributed by atoms with Gasteiger partial charge in [-0.1, -0.05) is 0 Å². The largest absolute Gasteiger partial charge is 0.481 e.